The van der Waals surface area contributed by atoms with E-state index in [1.807, 2.05) is 37.3 Å². The van der Waals surface area contributed by atoms with Crippen LogP contribution in [0.25, 0.3) is 0 Å². The Kier molecular flexibility index (Phi) is 5.67. The first-order chi connectivity index (χ1) is 16.5. The van der Waals surface area contributed by atoms with E-state index in [1.165, 1.54) is 0 Å². The van der Waals surface area contributed by atoms with Crippen LogP contribution in [0, 0.1) is 6.92 Å². The lowest BCUT2D eigenvalue weighted by molar-refractivity contribution is -0.131. The van der Waals surface area contributed by atoms with Gasteiger partial charge in [-0.2, -0.15) is 4.98 Å². The zero-order valence-electron chi connectivity index (χ0n) is 18.7. The first-order valence-electron chi connectivity index (χ1n) is 11.1. The molecule has 9 heteroatoms. The normalized spacial score (nSPS) is 15.5. The van der Waals surface area contributed by atoms with Crippen molar-refractivity contribution in [3.8, 4) is 11.6 Å². The summed E-state index contributed by atoms with van der Waals surface area (Å²) in [7, 11) is 0. The van der Waals surface area contributed by atoms with Crippen LogP contribution in [-0.2, 0) is 4.79 Å². The molecule has 172 valence electrons. The lowest BCUT2D eigenvalue weighted by Crippen LogP contribution is -2.52. The average Bonchev–Trinajstić information content (AvgIpc) is 3.09. The van der Waals surface area contributed by atoms with E-state index in [0.717, 1.165) is 10.7 Å². The van der Waals surface area contributed by atoms with Crippen molar-refractivity contribution in [3.63, 3.8) is 0 Å². The minimum atomic E-state index is -0.421. The molecule has 1 fully saturated rings. The molecule has 3 amide bonds. The van der Waals surface area contributed by atoms with Crippen LogP contribution in [0.2, 0.25) is 0 Å². The van der Waals surface area contributed by atoms with Crippen molar-refractivity contribution in [2.24, 2.45) is 0 Å². The summed E-state index contributed by atoms with van der Waals surface area (Å²) in [5, 5.41) is 0. The predicted molar refractivity (Wildman–Crippen MR) is 124 cm³/mol. The number of nitrogens with zero attached hydrogens (tertiary/aromatic N) is 5. The van der Waals surface area contributed by atoms with Crippen LogP contribution in [0.4, 0.5) is 5.82 Å². The van der Waals surface area contributed by atoms with Gasteiger partial charge in [-0.15, -0.1) is 0 Å². The minimum Gasteiger partial charge on any atom is -0.439 e. The van der Waals surface area contributed by atoms with E-state index in [1.54, 1.807) is 35.2 Å². The molecule has 1 aromatic heterocycles. The van der Waals surface area contributed by atoms with Crippen molar-refractivity contribution in [2.45, 2.75) is 6.92 Å². The number of benzene rings is 2. The molecule has 0 saturated carbocycles. The molecule has 3 heterocycles. The van der Waals surface area contributed by atoms with Gasteiger partial charge >= 0.3 is 0 Å². The van der Waals surface area contributed by atoms with Crippen molar-refractivity contribution in [3.05, 3.63) is 77.6 Å². The van der Waals surface area contributed by atoms with Crippen LogP contribution in [0.1, 0.15) is 26.5 Å². The van der Waals surface area contributed by atoms with Crippen LogP contribution in [-0.4, -0.2) is 70.2 Å². The van der Waals surface area contributed by atoms with E-state index in [9.17, 15) is 14.4 Å². The molecule has 0 N–H and O–H groups in total. The summed E-state index contributed by atoms with van der Waals surface area (Å²) < 4.78 is 5.86. The Bertz CT molecular complexity index is 1220. The first-order valence-corrected chi connectivity index (χ1v) is 11.1. The fourth-order valence-electron chi connectivity index (χ4n) is 4.15. The Hall–Kier alpha value is -4.27. The highest BCUT2D eigenvalue weighted by Gasteiger charge is 2.37. The predicted octanol–water partition coefficient (Wildman–Crippen LogP) is 2.52. The molecule has 0 unspecified atom stereocenters. The molecule has 9 nitrogen and oxygen atoms in total. The number of amides is 3. The average molecular weight is 457 g/mol. The largest absolute Gasteiger partial charge is 0.439 e. The summed E-state index contributed by atoms with van der Waals surface area (Å²) >= 11 is 0. The highest BCUT2D eigenvalue weighted by molar-refractivity contribution is 6.22. The van der Waals surface area contributed by atoms with Gasteiger partial charge < -0.3 is 14.5 Å². The summed E-state index contributed by atoms with van der Waals surface area (Å²) in [6, 6.07) is 17.8. The Morgan fingerprint density at radius 3 is 2.15 bits per heavy atom. The number of ether oxygens (including phenoxy) is 1. The van der Waals surface area contributed by atoms with Crippen LogP contribution in [0.15, 0.2) is 60.7 Å². The summed E-state index contributed by atoms with van der Waals surface area (Å²) in [6.45, 7) is 3.60. The smallest absolute Gasteiger partial charge is 0.262 e. The van der Waals surface area contributed by atoms with Gasteiger partial charge in [-0.25, -0.2) is 4.98 Å². The number of carbonyl (C=O) groups excluding carboxylic acids is 3. The van der Waals surface area contributed by atoms with Gasteiger partial charge in [0, 0.05) is 32.2 Å². The quantitative estimate of drug-likeness (QED) is 0.543. The third-order valence-corrected chi connectivity index (χ3v) is 5.89. The molecule has 0 spiro atoms. The molecule has 2 aliphatic heterocycles. The van der Waals surface area contributed by atoms with E-state index in [-0.39, 0.29) is 12.5 Å². The standard InChI is InChI=1S/C25H23N5O4/c1-17-26-21(15-22(27-17)34-18-7-3-2-4-8-18)28-11-13-29(14-12-28)23(31)16-30-24(32)19-9-5-6-10-20(19)25(30)33/h2-10,15H,11-14,16H2,1H3. The highest BCUT2D eigenvalue weighted by Crippen LogP contribution is 2.25. The van der Waals surface area contributed by atoms with Crippen molar-refractivity contribution < 1.29 is 19.1 Å². The number of para-hydroxylation sites is 1. The number of aromatic nitrogens is 2. The monoisotopic (exact) mass is 457 g/mol. The topological polar surface area (TPSA) is 95.9 Å². The van der Waals surface area contributed by atoms with Crippen LogP contribution < -0.4 is 9.64 Å². The van der Waals surface area contributed by atoms with Gasteiger partial charge in [-0.1, -0.05) is 30.3 Å². The van der Waals surface area contributed by atoms with E-state index in [0.29, 0.717) is 54.8 Å². The number of rotatable bonds is 5. The number of carbonyl (C=O) groups is 3. The Balaban J connectivity index is 1.21. The second-order valence-electron chi connectivity index (χ2n) is 8.14. The number of aryl methyl sites for hydroxylation is 1. The maximum atomic E-state index is 12.9. The molecular formula is C25H23N5O4. The van der Waals surface area contributed by atoms with Crippen molar-refractivity contribution >= 4 is 23.5 Å². The zero-order chi connectivity index (χ0) is 23.7. The summed E-state index contributed by atoms with van der Waals surface area (Å²) in [6.07, 6.45) is 0. The maximum absolute atomic E-state index is 12.9. The highest BCUT2D eigenvalue weighted by atomic mass is 16.5. The van der Waals surface area contributed by atoms with Gasteiger partial charge in [0.05, 0.1) is 11.1 Å². The van der Waals surface area contributed by atoms with Gasteiger partial charge in [0.1, 0.15) is 23.9 Å². The van der Waals surface area contributed by atoms with Crippen molar-refractivity contribution in [1.29, 1.82) is 0 Å². The molecule has 5 rings (SSSR count). The van der Waals surface area contributed by atoms with Crippen LogP contribution >= 0.6 is 0 Å². The van der Waals surface area contributed by atoms with E-state index in [2.05, 4.69) is 14.9 Å². The van der Waals surface area contributed by atoms with Gasteiger partial charge in [-0.3, -0.25) is 19.3 Å². The number of hydrogen-bond acceptors (Lipinski definition) is 7. The summed E-state index contributed by atoms with van der Waals surface area (Å²) in [5.74, 6) is 1.37. The second-order valence-corrected chi connectivity index (χ2v) is 8.14. The lowest BCUT2D eigenvalue weighted by Gasteiger charge is -2.36. The third-order valence-electron chi connectivity index (χ3n) is 5.89. The van der Waals surface area contributed by atoms with Gasteiger partial charge in [0.2, 0.25) is 11.8 Å². The molecule has 3 aromatic rings. The zero-order valence-corrected chi connectivity index (χ0v) is 18.7. The summed E-state index contributed by atoms with van der Waals surface area (Å²) in [5.41, 5.74) is 0.690. The lowest BCUT2D eigenvalue weighted by atomic mass is 10.1. The first kappa shape index (κ1) is 21.6. The molecule has 1 saturated heterocycles. The Morgan fingerprint density at radius 1 is 0.882 bits per heavy atom. The molecule has 0 radical (unpaired) electrons. The molecular weight excluding hydrogens is 434 g/mol. The second kappa shape index (κ2) is 8.93. The number of hydrogen-bond donors (Lipinski definition) is 0. The molecule has 0 bridgehead atoms. The van der Waals surface area contributed by atoms with E-state index in [4.69, 9.17) is 4.74 Å². The third kappa shape index (κ3) is 4.19. The van der Waals surface area contributed by atoms with Gasteiger partial charge in [-0.05, 0) is 31.2 Å². The fraction of sp³-hybridized carbons (Fsp3) is 0.240. The van der Waals surface area contributed by atoms with Crippen molar-refractivity contribution in [1.82, 2.24) is 19.8 Å². The fourth-order valence-corrected chi connectivity index (χ4v) is 4.15. The number of anilines is 1. The van der Waals surface area contributed by atoms with Crippen molar-refractivity contribution in [2.75, 3.05) is 37.6 Å². The van der Waals surface area contributed by atoms with Crippen LogP contribution in [0.3, 0.4) is 0 Å². The number of fused-ring (bicyclic) bond motifs is 1. The maximum Gasteiger partial charge on any atom is 0.262 e. The van der Waals surface area contributed by atoms with E-state index < -0.39 is 11.8 Å². The molecule has 2 aliphatic rings. The Morgan fingerprint density at radius 2 is 1.50 bits per heavy atom. The molecule has 2 aromatic carbocycles. The van der Waals surface area contributed by atoms with E-state index >= 15 is 0 Å². The number of imide groups is 1. The van der Waals surface area contributed by atoms with Gasteiger partial charge in [0.25, 0.3) is 11.8 Å². The van der Waals surface area contributed by atoms with Gasteiger partial charge in [0.15, 0.2) is 0 Å². The van der Waals surface area contributed by atoms with Crippen LogP contribution in [0.5, 0.6) is 11.6 Å². The Labute approximate surface area is 196 Å². The molecule has 0 atom stereocenters. The SMILES string of the molecule is Cc1nc(Oc2ccccc2)cc(N2CCN(C(=O)CN3C(=O)c4ccccc4C3=O)CC2)n1. The minimum absolute atomic E-state index is 0.249. The molecule has 0 aliphatic carbocycles. The summed E-state index contributed by atoms with van der Waals surface area (Å²) in [4.78, 5) is 51.6. The number of piperazine rings is 1. The molecule has 34 heavy (non-hydrogen) atoms.